The lowest BCUT2D eigenvalue weighted by atomic mass is 9.84. The minimum absolute atomic E-state index is 0.0753. The molecule has 3 atom stereocenters. The van der Waals surface area contributed by atoms with Crippen LogP contribution in [0, 0.1) is 10.1 Å². The first-order valence-electron chi connectivity index (χ1n) is 7.78. The molecule has 6 heteroatoms. The number of hydrogen-bond donors (Lipinski definition) is 1. The van der Waals surface area contributed by atoms with Crippen molar-refractivity contribution < 1.29 is 4.92 Å². The Morgan fingerprint density at radius 3 is 2.65 bits per heavy atom. The molecule has 0 spiro atoms. The second-order valence-corrected chi connectivity index (χ2v) is 6.66. The summed E-state index contributed by atoms with van der Waals surface area (Å²) in [5.74, 6) is 0.482. The third kappa shape index (κ3) is 2.60. The monoisotopic (exact) mass is 329 g/mol. The van der Waals surface area contributed by atoms with Gasteiger partial charge in [0, 0.05) is 41.9 Å². The van der Waals surface area contributed by atoms with Crippen LogP contribution in [0.2, 0.25) is 5.15 Å². The Balaban J connectivity index is 1.68. The number of rotatable bonds is 3. The lowest BCUT2D eigenvalue weighted by Gasteiger charge is -2.21. The molecule has 2 fully saturated rings. The van der Waals surface area contributed by atoms with Crippen LogP contribution in [0.25, 0.3) is 11.1 Å². The Morgan fingerprint density at radius 1 is 1.26 bits per heavy atom. The van der Waals surface area contributed by atoms with Crippen molar-refractivity contribution in [3.63, 3.8) is 0 Å². The third-order valence-electron chi connectivity index (χ3n) is 4.98. The molecule has 0 radical (unpaired) electrons. The Labute approximate surface area is 138 Å². The van der Waals surface area contributed by atoms with Gasteiger partial charge in [0.2, 0.25) is 0 Å². The number of nitro benzene ring substituents is 1. The highest BCUT2D eigenvalue weighted by Crippen LogP contribution is 2.41. The van der Waals surface area contributed by atoms with Crippen molar-refractivity contribution in [3.05, 3.63) is 57.4 Å². The van der Waals surface area contributed by atoms with Crippen LogP contribution in [-0.4, -0.2) is 22.0 Å². The molecule has 2 saturated heterocycles. The van der Waals surface area contributed by atoms with E-state index in [4.69, 9.17) is 11.6 Å². The van der Waals surface area contributed by atoms with Crippen molar-refractivity contribution in [2.75, 3.05) is 0 Å². The molecular weight excluding hydrogens is 314 g/mol. The van der Waals surface area contributed by atoms with Gasteiger partial charge in [0.25, 0.3) is 5.69 Å². The molecular formula is C17H16ClN3O2. The molecule has 0 amide bonds. The number of aromatic nitrogens is 1. The summed E-state index contributed by atoms with van der Waals surface area (Å²) in [4.78, 5) is 14.7. The van der Waals surface area contributed by atoms with Crippen LogP contribution in [0.1, 0.15) is 30.7 Å². The molecule has 0 aliphatic carbocycles. The van der Waals surface area contributed by atoms with E-state index in [0.29, 0.717) is 23.2 Å². The summed E-state index contributed by atoms with van der Waals surface area (Å²) in [5, 5.41) is 14.8. The van der Waals surface area contributed by atoms with Crippen LogP contribution in [0.5, 0.6) is 0 Å². The Kier molecular flexibility index (Phi) is 3.54. The molecule has 118 valence electrons. The van der Waals surface area contributed by atoms with Crippen LogP contribution in [0.15, 0.2) is 36.5 Å². The highest BCUT2D eigenvalue weighted by molar-refractivity contribution is 6.32. The molecule has 2 aromatic rings. The van der Waals surface area contributed by atoms with E-state index in [0.717, 1.165) is 17.5 Å². The van der Waals surface area contributed by atoms with Crippen LogP contribution >= 0.6 is 11.6 Å². The van der Waals surface area contributed by atoms with E-state index >= 15 is 0 Å². The predicted octanol–water partition coefficient (Wildman–Crippen LogP) is 3.92. The summed E-state index contributed by atoms with van der Waals surface area (Å²) in [6.07, 6.45) is 5.49. The standard InChI is InChI=1S/C17H16ClN3O2/c18-17-15(10-1-4-13(5-2-10)21(22)23)7-11(9-19-17)14-8-12-3-6-16(14)20-12/h1-2,4-5,7,9,12,14,16,20H,3,6,8H2/t12-,14+,16+/m0/s1. The fourth-order valence-corrected chi connectivity index (χ4v) is 4.04. The van der Waals surface area contributed by atoms with Gasteiger partial charge in [-0.05, 0) is 48.6 Å². The number of hydrogen-bond acceptors (Lipinski definition) is 4. The van der Waals surface area contributed by atoms with E-state index in [1.807, 2.05) is 6.20 Å². The normalized spacial score (nSPS) is 25.7. The van der Waals surface area contributed by atoms with Gasteiger partial charge in [-0.2, -0.15) is 0 Å². The van der Waals surface area contributed by atoms with E-state index < -0.39 is 4.92 Å². The highest BCUT2D eigenvalue weighted by atomic mass is 35.5. The van der Waals surface area contributed by atoms with Crippen molar-refractivity contribution in [2.45, 2.75) is 37.3 Å². The van der Waals surface area contributed by atoms with Gasteiger partial charge in [-0.15, -0.1) is 0 Å². The summed E-state index contributed by atoms with van der Waals surface area (Å²) < 4.78 is 0. The smallest absolute Gasteiger partial charge is 0.269 e. The van der Waals surface area contributed by atoms with Gasteiger partial charge in [-0.25, -0.2) is 4.98 Å². The van der Waals surface area contributed by atoms with Crippen LogP contribution in [0.3, 0.4) is 0 Å². The number of pyridine rings is 1. The molecule has 2 aliphatic heterocycles. The number of halogens is 1. The molecule has 0 unspecified atom stereocenters. The van der Waals surface area contributed by atoms with Gasteiger partial charge in [0.05, 0.1) is 4.92 Å². The maximum Gasteiger partial charge on any atom is 0.269 e. The quantitative estimate of drug-likeness (QED) is 0.526. The fourth-order valence-electron chi connectivity index (χ4n) is 3.82. The predicted molar refractivity (Wildman–Crippen MR) is 88.6 cm³/mol. The minimum atomic E-state index is -0.402. The second-order valence-electron chi connectivity index (χ2n) is 6.30. The van der Waals surface area contributed by atoms with E-state index in [2.05, 4.69) is 16.4 Å². The maximum absolute atomic E-state index is 10.8. The van der Waals surface area contributed by atoms with E-state index in [1.165, 1.54) is 30.5 Å². The average Bonchev–Trinajstić information content (AvgIpc) is 3.18. The Hall–Kier alpha value is -1.98. The molecule has 2 bridgehead atoms. The summed E-state index contributed by atoms with van der Waals surface area (Å²) in [6.45, 7) is 0. The zero-order valence-corrected chi connectivity index (χ0v) is 13.2. The van der Waals surface area contributed by atoms with Crippen LogP contribution < -0.4 is 5.32 Å². The van der Waals surface area contributed by atoms with Crippen LogP contribution in [-0.2, 0) is 0 Å². The van der Waals surface area contributed by atoms with Crippen molar-refractivity contribution in [1.29, 1.82) is 0 Å². The average molecular weight is 330 g/mol. The van der Waals surface area contributed by atoms with Gasteiger partial charge in [0.1, 0.15) is 5.15 Å². The molecule has 0 saturated carbocycles. The van der Waals surface area contributed by atoms with Crippen molar-refractivity contribution in [1.82, 2.24) is 10.3 Å². The third-order valence-corrected chi connectivity index (χ3v) is 5.28. The number of nitrogens with one attached hydrogen (secondary N) is 1. The molecule has 3 heterocycles. The number of non-ortho nitro benzene ring substituents is 1. The first-order valence-corrected chi connectivity index (χ1v) is 8.16. The van der Waals surface area contributed by atoms with E-state index in [1.54, 1.807) is 12.1 Å². The molecule has 1 N–H and O–H groups in total. The number of nitro groups is 1. The van der Waals surface area contributed by atoms with Gasteiger partial charge in [0.15, 0.2) is 0 Å². The minimum Gasteiger partial charge on any atom is -0.311 e. The zero-order chi connectivity index (χ0) is 16.0. The van der Waals surface area contributed by atoms with Gasteiger partial charge in [-0.1, -0.05) is 11.6 Å². The molecule has 2 aliphatic rings. The second kappa shape index (κ2) is 5.58. The molecule has 4 rings (SSSR count). The number of nitrogens with zero attached hydrogens (tertiary/aromatic N) is 2. The fraction of sp³-hybridized carbons (Fsp3) is 0.353. The number of benzene rings is 1. The molecule has 5 nitrogen and oxygen atoms in total. The Morgan fingerprint density at radius 2 is 2.04 bits per heavy atom. The molecule has 23 heavy (non-hydrogen) atoms. The van der Waals surface area contributed by atoms with Gasteiger partial charge < -0.3 is 5.32 Å². The van der Waals surface area contributed by atoms with Crippen LogP contribution in [0.4, 0.5) is 5.69 Å². The highest BCUT2D eigenvalue weighted by Gasteiger charge is 2.39. The molecule has 1 aromatic carbocycles. The summed E-state index contributed by atoms with van der Waals surface area (Å²) >= 11 is 6.26. The van der Waals surface area contributed by atoms with Gasteiger partial charge >= 0.3 is 0 Å². The van der Waals surface area contributed by atoms with Crippen molar-refractivity contribution in [2.24, 2.45) is 0 Å². The van der Waals surface area contributed by atoms with Crippen molar-refractivity contribution in [3.8, 4) is 11.1 Å². The van der Waals surface area contributed by atoms with Crippen molar-refractivity contribution >= 4 is 17.3 Å². The largest absolute Gasteiger partial charge is 0.311 e. The van der Waals surface area contributed by atoms with E-state index in [9.17, 15) is 10.1 Å². The number of fused-ring (bicyclic) bond motifs is 2. The molecule has 1 aromatic heterocycles. The summed E-state index contributed by atoms with van der Waals surface area (Å²) in [7, 11) is 0. The lowest BCUT2D eigenvalue weighted by Crippen LogP contribution is -2.21. The first-order chi connectivity index (χ1) is 11.1. The maximum atomic E-state index is 10.8. The van der Waals surface area contributed by atoms with Gasteiger partial charge in [-0.3, -0.25) is 10.1 Å². The Bertz CT molecular complexity index is 763. The SMILES string of the molecule is O=[N+]([O-])c1ccc(-c2cc([C@H]3C[C@@H]4CC[C@H]3N4)cnc2Cl)cc1. The first kappa shape index (κ1) is 14.6. The summed E-state index contributed by atoms with van der Waals surface area (Å²) in [5.41, 5.74) is 2.96. The van der Waals surface area contributed by atoms with E-state index in [-0.39, 0.29) is 5.69 Å². The summed E-state index contributed by atoms with van der Waals surface area (Å²) in [6, 6.07) is 9.70. The zero-order valence-electron chi connectivity index (χ0n) is 12.4. The topological polar surface area (TPSA) is 68.1 Å². The lowest BCUT2D eigenvalue weighted by molar-refractivity contribution is -0.384.